The van der Waals surface area contributed by atoms with E-state index in [0.717, 1.165) is 36.1 Å². The van der Waals surface area contributed by atoms with Crippen molar-refractivity contribution in [3.05, 3.63) is 39.7 Å². The summed E-state index contributed by atoms with van der Waals surface area (Å²) in [5, 5.41) is -0.443. The maximum atomic E-state index is 15.6. The quantitative estimate of drug-likeness (QED) is 0.463. The number of pyridine rings is 1. The van der Waals surface area contributed by atoms with Crippen LogP contribution in [0.5, 0.6) is 0 Å². The number of alkyl halides is 1. The number of fused-ring (bicyclic) bond motifs is 1. The van der Waals surface area contributed by atoms with Crippen molar-refractivity contribution < 1.29 is 32.2 Å². The lowest BCUT2D eigenvalue weighted by molar-refractivity contribution is 0.0128. The molecule has 1 aromatic heterocycles. The summed E-state index contributed by atoms with van der Waals surface area (Å²) in [6, 6.07) is 0.847. The van der Waals surface area contributed by atoms with Gasteiger partial charge in [0, 0.05) is 32.4 Å². The van der Waals surface area contributed by atoms with Crippen molar-refractivity contribution in [2.45, 2.75) is 44.8 Å². The molecule has 190 valence electrons. The molecule has 2 fully saturated rings. The topological polar surface area (TPSA) is 81.1 Å². The molecule has 11 heteroatoms. The van der Waals surface area contributed by atoms with Crippen LogP contribution in [0.25, 0.3) is 10.9 Å². The number of esters is 1. The van der Waals surface area contributed by atoms with Gasteiger partial charge in [-0.3, -0.25) is 4.79 Å². The highest BCUT2D eigenvalue weighted by molar-refractivity contribution is 5.98. The van der Waals surface area contributed by atoms with Crippen LogP contribution in [0.15, 0.2) is 17.1 Å². The molecule has 0 atom stereocenters. The third-order valence-corrected chi connectivity index (χ3v) is 6.59. The Bertz CT molecular complexity index is 1170. The molecule has 0 radical (unpaired) electrons. The number of halogens is 3. The van der Waals surface area contributed by atoms with E-state index in [0.29, 0.717) is 39.0 Å². The van der Waals surface area contributed by atoms with E-state index in [2.05, 4.69) is 4.74 Å². The Balaban J connectivity index is 1.68. The van der Waals surface area contributed by atoms with E-state index < -0.39 is 53.4 Å². The van der Waals surface area contributed by atoms with Gasteiger partial charge in [-0.2, -0.15) is 0 Å². The number of nitrogens with zero attached hydrogens (tertiary/aromatic N) is 3. The Morgan fingerprint density at radius 1 is 1.09 bits per heavy atom. The predicted molar refractivity (Wildman–Crippen MR) is 123 cm³/mol. The fourth-order valence-electron chi connectivity index (χ4n) is 4.68. The van der Waals surface area contributed by atoms with Crippen LogP contribution in [0.4, 0.5) is 23.7 Å². The van der Waals surface area contributed by atoms with Crippen LogP contribution in [-0.2, 0) is 16.0 Å². The lowest BCUT2D eigenvalue weighted by Crippen LogP contribution is -2.45. The molecule has 0 unspecified atom stereocenters. The second-order valence-electron chi connectivity index (χ2n) is 8.98. The molecule has 2 aromatic rings. The molecule has 8 nitrogen and oxygen atoms in total. The molecule has 1 aliphatic carbocycles. The van der Waals surface area contributed by atoms with Gasteiger partial charge >= 0.3 is 12.1 Å². The number of carbonyl (C=O) groups is 2. The molecule has 2 aliphatic rings. The summed E-state index contributed by atoms with van der Waals surface area (Å²) in [6.07, 6.45) is 3.42. The molecule has 1 saturated carbocycles. The van der Waals surface area contributed by atoms with E-state index in [4.69, 9.17) is 4.74 Å². The second kappa shape index (κ2) is 10.7. The highest BCUT2D eigenvalue weighted by Crippen LogP contribution is 2.31. The summed E-state index contributed by atoms with van der Waals surface area (Å²) in [5.74, 6) is -3.30. The largest absolute Gasteiger partial charge is 0.516 e. The first-order valence-corrected chi connectivity index (χ1v) is 11.8. The average Bonchev–Trinajstić information content (AvgIpc) is 2.82. The zero-order chi connectivity index (χ0) is 25.1. The number of ether oxygens (including phenoxy) is 2. The number of hydrogen-bond acceptors (Lipinski definition) is 7. The van der Waals surface area contributed by atoms with Gasteiger partial charge in [-0.1, -0.05) is 6.42 Å². The Kier molecular flexibility index (Phi) is 7.63. The number of benzene rings is 1. The van der Waals surface area contributed by atoms with E-state index in [1.165, 1.54) is 4.90 Å². The van der Waals surface area contributed by atoms with Crippen molar-refractivity contribution in [3.8, 4) is 0 Å². The van der Waals surface area contributed by atoms with Crippen LogP contribution < -0.4 is 10.3 Å². The van der Waals surface area contributed by atoms with E-state index in [9.17, 15) is 18.8 Å². The number of anilines is 1. The molecule has 0 bridgehead atoms. The van der Waals surface area contributed by atoms with Crippen molar-refractivity contribution >= 4 is 28.7 Å². The molecule has 1 saturated heterocycles. The number of aryl methyl sites for hydroxylation is 1. The van der Waals surface area contributed by atoms with Gasteiger partial charge in [0.05, 0.1) is 17.4 Å². The summed E-state index contributed by atoms with van der Waals surface area (Å²) in [6.45, 7) is 0.602. The van der Waals surface area contributed by atoms with Crippen LogP contribution in [0, 0.1) is 11.6 Å². The number of rotatable bonds is 5. The SMILES string of the molecule is CN1CCN(c2c(F)cc3c(=O)c(C(=O)OC(=O)OC4CCCCC4)cn(CCF)c3c2F)CC1. The molecule has 0 amide bonds. The zero-order valence-electron chi connectivity index (χ0n) is 19.5. The van der Waals surface area contributed by atoms with Gasteiger partial charge < -0.3 is 23.8 Å². The van der Waals surface area contributed by atoms with Crippen molar-refractivity contribution in [2.75, 3.05) is 44.8 Å². The van der Waals surface area contributed by atoms with Gasteiger partial charge in [0.1, 0.15) is 29.8 Å². The molecular weight excluding hydrogens is 467 g/mol. The van der Waals surface area contributed by atoms with Gasteiger partial charge in [-0.25, -0.2) is 22.8 Å². The molecule has 1 aromatic carbocycles. The van der Waals surface area contributed by atoms with Crippen LogP contribution in [0.3, 0.4) is 0 Å². The maximum Gasteiger partial charge on any atom is 0.516 e. The van der Waals surface area contributed by atoms with Gasteiger partial charge in [0.2, 0.25) is 5.43 Å². The Morgan fingerprint density at radius 2 is 1.77 bits per heavy atom. The fourth-order valence-corrected chi connectivity index (χ4v) is 4.68. The molecule has 35 heavy (non-hydrogen) atoms. The third-order valence-electron chi connectivity index (χ3n) is 6.59. The summed E-state index contributed by atoms with van der Waals surface area (Å²) in [7, 11) is 1.90. The van der Waals surface area contributed by atoms with E-state index >= 15 is 8.78 Å². The standard InChI is InChI=1S/C24H28F3N3O5/c1-28-9-11-29(12-10-28)21-18(26)13-16-20(19(21)27)30(8-7-25)14-17(22(16)31)23(32)35-24(33)34-15-5-3-2-4-6-15/h13-15H,2-12H2,1H3. The van der Waals surface area contributed by atoms with Crippen LogP contribution in [0.1, 0.15) is 42.5 Å². The second-order valence-corrected chi connectivity index (χ2v) is 8.98. The Labute approximate surface area is 200 Å². The highest BCUT2D eigenvalue weighted by atomic mass is 19.1. The molecule has 2 heterocycles. The molecular formula is C24H28F3N3O5. The van der Waals surface area contributed by atoms with Crippen LogP contribution in [-0.4, -0.2) is 67.6 Å². The first-order chi connectivity index (χ1) is 16.8. The smallest absolute Gasteiger partial charge is 0.431 e. The molecule has 0 N–H and O–H groups in total. The van der Waals surface area contributed by atoms with Gasteiger partial charge in [0.25, 0.3) is 0 Å². The van der Waals surface area contributed by atoms with Crippen molar-refractivity contribution in [3.63, 3.8) is 0 Å². The Hall–Kier alpha value is -3.08. The number of likely N-dealkylation sites (N-methyl/N-ethyl adjacent to an activating group) is 1. The van der Waals surface area contributed by atoms with E-state index in [-0.39, 0.29) is 17.3 Å². The van der Waals surface area contributed by atoms with Crippen molar-refractivity contribution in [1.82, 2.24) is 9.47 Å². The molecule has 0 spiro atoms. The minimum absolute atomic E-state index is 0.302. The molecule has 1 aliphatic heterocycles. The van der Waals surface area contributed by atoms with Crippen molar-refractivity contribution in [1.29, 1.82) is 0 Å². The molecule has 4 rings (SSSR count). The average molecular weight is 495 g/mol. The van der Waals surface area contributed by atoms with Crippen LogP contribution in [0.2, 0.25) is 0 Å². The summed E-state index contributed by atoms with van der Waals surface area (Å²) >= 11 is 0. The fraction of sp³-hybridized carbons (Fsp3) is 0.542. The highest BCUT2D eigenvalue weighted by Gasteiger charge is 2.28. The number of carbonyl (C=O) groups excluding carboxylic acids is 2. The first-order valence-electron chi connectivity index (χ1n) is 11.8. The van der Waals surface area contributed by atoms with Gasteiger partial charge in [-0.05, 0) is 38.8 Å². The summed E-state index contributed by atoms with van der Waals surface area (Å²) < 4.78 is 54.8. The first kappa shape index (κ1) is 25.0. The minimum Gasteiger partial charge on any atom is -0.431 e. The normalized spacial score (nSPS) is 17.5. The zero-order valence-corrected chi connectivity index (χ0v) is 19.5. The third kappa shape index (κ3) is 5.29. The maximum absolute atomic E-state index is 15.6. The number of piperazine rings is 1. The predicted octanol–water partition coefficient (Wildman–Crippen LogP) is 3.63. The number of aromatic nitrogens is 1. The van der Waals surface area contributed by atoms with Crippen molar-refractivity contribution in [2.24, 2.45) is 0 Å². The number of hydrogen-bond donors (Lipinski definition) is 0. The van der Waals surface area contributed by atoms with Gasteiger partial charge in [0.15, 0.2) is 5.82 Å². The van der Waals surface area contributed by atoms with Gasteiger partial charge in [-0.15, -0.1) is 0 Å². The lowest BCUT2D eigenvalue weighted by atomic mass is 9.98. The summed E-state index contributed by atoms with van der Waals surface area (Å²) in [5.41, 5.74) is -2.28. The van der Waals surface area contributed by atoms with E-state index in [1.807, 2.05) is 11.9 Å². The van der Waals surface area contributed by atoms with E-state index in [1.54, 1.807) is 0 Å². The summed E-state index contributed by atoms with van der Waals surface area (Å²) in [4.78, 5) is 41.2. The minimum atomic E-state index is -1.32. The monoisotopic (exact) mass is 495 g/mol. The lowest BCUT2D eigenvalue weighted by Gasteiger charge is -2.34. The van der Waals surface area contributed by atoms with Crippen LogP contribution >= 0.6 is 0 Å². The Morgan fingerprint density at radius 3 is 2.43 bits per heavy atom.